The van der Waals surface area contributed by atoms with Gasteiger partial charge < -0.3 is 9.84 Å². The molecule has 0 amide bonds. The maximum atomic E-state index is 11.7. The van der Waals surface area contributed by atoms with E-state index >= 15 is 0 Å². The van der Waals surface area contributed by atoms with E-state index in [4.69, 9.17) is 4.74 Å². The Morgan fingerprint density at radius 3 is 2.50 bits per heavy atom. The zero-order chi connectivity index (χ0) is 13.8. The molecule has 1 aliphatic rings. The van der Waals surface area contributed by atoms with Crippen LogP contribution in [0.25, 0.3) is 0 Å². The van der Waals surface area contributed by atoms with Gasteiger partial charge in [0.1, 0.15) is 10.0 Å². The molecule has 18 heavy (non-hydrogen) atoms. The van der Waals surface area contributed by atoms with Crippen LogP contribution in [0, 0.1) is 5.92 Å². The summed E-state index contributed by atoms with van der Waals surface area (Å²) in [6, 6.07) is 0. The van der Waals surface area contributed by atoms with Crippen LogP contribution in [0.1, 0.15) is 59.3 Å². The van der Waals surface area contributed by atoms with Crippen LogP contribution in [0.5, 0.6) is 0 Å². The van der Waals surface area contributed by atoms with Gasteiger partial charge in [-0.15, -0.1) is 0 Å². The lowest BCUT2D eigenvalue weighted by molar-refractivity contribution is -0.148. The van der Waals surface area contributed by atoms with Crippen molar-refractivity contribution in [1.82, 2.24) is 0 Å². The molecule has 0 saturated heterocycles. The second kappa shape index (κ2) is 7.08. The molecule has 1 aliphatic carbocycles. The molecule has 1 saturated carbocycles. The summed E-state index contributed by atoms with van der Waals surface area (Å²) in [5.41, 5.74) is -0.574. The van der Waals surface area contributed by atoms with Crippen molar-refractivity contribution in [2.24, 2.45) is 5.92 Å². The van der Waals surface area contributed by atoms with Gasteiger partial charge in [0.25, 0.3) is 0 Å². The van der Waals surface area contributed by atoms with E-state index in [0.29, 0.717) is 0 Å². The van der Waals surface area contributed by atoms with Gasteiger partial charge in [0.05, 0.1) is 5.60 Å². The zero-order valence-corrected chi connectivity index (χ0v) is 13.8. The molecule has 3 atom stereocenters. The summed E-state index contributed by atoms with van der Waals surface area (Å²) in [4.78, 5) is 11.7. The normalized spacial score (nSPS) is 26.1. The van der Waals surface area contributed by atoms with Crippen LogP contribution < -0.4 is 0 Å². The highest BCUT2D eigenvalue weighted by molar-refractivity contribution is 14.1. The molecular formula is C14H25IO3. The van der Waals surface area contributed by atoms with Crippen molar-refractivity contribution in [2.75, 3.05) is 0 Å². The number of alkyl halides is 1. The molecule has 0 aliphatic heterocycles. The lowest BCUT2D eigenvalue weighted by atomic mass is 9.82. The summed E-state index contributed by atoms with van der Waals surface area (Å²) in [6.45, 7) is 6.05. The Morgan fingerprint density at radius 1 is 1.39 bits per heavy atom. The van der Waals surface area contributed by atoms with Crippen molar-refractivity contribution in [1.29, 1.82) is 0 Å². The lowest BCUT2D eigenvalue weighted by Gasteiger charge is -2.32. The summed E-state index contributed by atoms with van der Waals surface area (Å²) >= 11 is 2.13. The maximum absolute atomic E-state index is 11.7. The Balaban J connectivity index is 2.49. The minimum Gasteiger partial charge on any atom is -0.462 e. The molecule has 0 aromatic rings. The molecule has 1 rings (SSSR count). The molecule has 3 nitrogen and oxygen atoms in total. The van der Waals surface area contributed by atoms with Crippen molar-refractivity contribution in [3.63, 3.8) is 0 Å². The SMILES string of the molecule is CCC(I)C(=O)OC1CCC(C(O)(CC)CC)C1. The number of hydrogen-bond acceptors (Lipinski definition) is 3. The van der Waals surface area contributed by atoms with E-state index in [0.717, 1.165) is 38.5 Å². The Morgan fingerprint density at radius 2 is 2.00 bits per heavy atom. The van der Waals surface area contributed by atoms with Gasteiger partial charge in [0.15, 0.2) is 0 Å². The van der Waals surface area contributed by atoms with Crippen LogP contribution in [0.3, 0.4) is 0 Å². The van der Waals surface area contributed by atoms with Gasteiger partial charge in [0, 0.05) is 0 Å². The summed E-state index contributed by atoms with van der Waals surface area (Å²) in [6.07, 6.45) is 5.05. The fourth-order valence-corrected chi connectivity index (χ4v) is 2.91. The molecule has 0 heterocycles. The molecule has 3 unspecified atom stereocenters. The Kier molecular flexibility index (Phi) is 6.38. The minimum atomic E-state index is -0.574. The predicted octanol–water partition coefficient (Wildman–Crippen LogP) is 3.46. The molecule has 4 heteroatoms. The van der Waals surface area contributed by atoms with Crippen LogP contribution in [-0.4, -0.2) is 26.7 Å². The smallest absolute Gasteiger partial charge is 0.319 e. The molecule has 0 bridgehead atoms. The van der Waals surface area contributed by atoms with Crippen molar-refractivity contribution in [3.8, 4) is 0 Å². The molecular weight excluding hydrogens is 343 g/mol. The zero-order valence-electron chi connectivity index (χ0n) is 11.6. The van der Waals surface area contributed by atoms with Crippen molar-refractivity contribution in [2.45, 2.75) is 74.9 Å². The number of aliphatic hydroxyl groups is 1. The highest BCUT2D eigenvalue weighted by Gasteiger charge is 2.40. The van der Waals surface area contributed by atoms with Gasteiger partial charge in [-0.25, -0.2) is 0 Å². The third-order valence-corrected chi connectivity index (χ3v) is 5.66. The molecule has 0 aromatic heterocycles. The van der Waals surface area contributed by atoms with Gasteiger partial charge in [-0.3, -0.25) is 4.79 Å². The van der Waals surface area contributed by atoms with E-state index in [2.05, 4.69) is 22.6 Å². The van der Waals surface area contributed by atoms with E-state index in [1.165, 1.54) is 0 Å². The monoisotopic (exact) mass is 368 g/mol. The average Bonchev–Trinajstić information content (AvgIpc) is 2.85. The number of halogens is 1. The fraction of sp³-hybridized carbons (Fsp3) is 0.929. The third-order valence-electron chi connectivity index (χ3n) is 4.27. The quantitative estimate of drug-likeness (QED) is 0.444. The summed E-state index contributed by atoms with van der Waals surface area (Å²) in [7, 11) is 0. The first-order valence-corrected chi connectivity index (χ1v) is 8.28. The fourth-order valence-electron chi connectivity index (χ4n) is 2.77. The molecule has 0 spiro atoms. The number of hydrogen-bond donors (Lipinski definition) is 1. The van der Waals surface area contributed by atoms with E-state index < -0.39 is 5.60 Å². The maximum Gasteiger partial charge on any atom is 0.319 e. The average molecular weight is 368 g/mol. The standard InChI is InChI=1S/C14H25IO3/c1-4-12(15)13(16)18-11-8-7-10(9-11)14(17,5-2)6-3/h10-12,17H,4-9H2,1-3H3. The lowest BCUT2D eigenvalue weighted by Crippen LogP contribution is -2.35. The second-order valence-electron chi connectivity index (χ2n) is 5.26. The third kappa shape index (κ3) is 3.83. The Bertz CT molecular complexity index is 276. The molecule has 0 radical (unpaired) electrons. The van der Waals surface area contributed by atoms with Crippen molar-refractivity contribution >= 4 is 28.6 Å². The highest BCUT2D eigenvalue weighted by Crippen LogP contribution is 2.39. The van der Waals surface area contributed by atoms with Crippen molar-refractivity contribution in [3.05, 3.63) is 0 Å². The minimum absolute atomic E-state index is 0.0101. The van der Waals surface area contributed by atoms with E-state index in [1.807, 2.05) is 20.8 Å². The predicted molar refractivity (Wildman–Crippen MR) is 80.9 cm³/mol. The van der Waals surface area contributed by atoms with Gasteiger partial charge in [0.2, 0.25) is 0 Å². The topological polar surface area (TPSA) is 46.5 Å². The summed E-state index contributed by atoms with van der Waals surface area (Å²) in [5, 5.41) is 10.5. The van der Waals surface area contributed by atoms with E-state index in [1.54, 1.807) is 0 Å². The number of esters is 1. The van der Waals surface area contributed by atoms with E-state index in [-0.39, 0.29) is 21.9 Å². The Hall–Kier alpha value is 0.160. The Labute approximate surface area is 124 Å². The number of carbonyl (C=O) groups is 1. The van der Waals surface area contributed by atoms with Crippen LogP contribution in [0.15, 0.2) is 0 Å². The van der Waals surface area contributed by atoms with E-state index in [9.17, 15) is 9.90 Å². The largest absolute Gasteiger partial charge is 0.462 e. The first kappa shape index (κ1) is 16.2. The van der Waals surface area contributed by atoms with Gasteiger partial charge in [-0.2, -0.15) is 0 Å². The summed E-state index contributed by atoms with van der Waals surface area (Å²) < 4.78 is 5.48. The van der Waals surface area contributed by atoms with Crippen molar-refractivity contribution < 1.29 is 14.6 Å². The highest BCUT2D eigenvalue weighted by atomic mass is 127. The van der Waals surface area contributed by atoms with Crippen LogP contribution >= 0.6 is 22.6 Å². The van der Waals surface area contributed by atoms with Gasteiger partial charge >= 0.3 is 5.97 Å². The first-order chi connectivity index (χ1) is 8.46. The van der Waals surface area contributed by atoms with Gasteiger partial charge in [-0.05, 0) is 44.4 Å². The van der Waals surface area contributed by atoms with Crippen LogP contribution in [-0.2, 0) is 9.53 Å². The molecule has 106 valence electrons. The molecule has 1 N–H and O–H groups in total. The second-order valence-corrected chi connectivity index (χ2v) is 6.76. The van der Waals surface area contributed by atoms with Crippen LogP contribution in [0.2, 0.25) is 0 Å². The number of rotatable bonds is 6. The van der Waals surface area contributed by atoms with Crippen LogP contribution in [0.4, 0.5) is 0 Å². The summed E-state index contributed by atoms with van der Waals surface area (Å²) in [5.74, 6) is 0.180. The first-order valence-electron chi connectivity index (χ1n) is 7.03. The number of ether oxygens (including phenoxy) is 1. The van der Waals surface area contributed by atoms with Gasteiger partial charge in [-0.1, -0.05) is 43.4 Å². The molecule has 1 fully saturated rings. The number of carbonyl (C=O) groups excluding carboxylic acids is 1. The molecule has 0 aromatic carbocycles.